The van der Waals surface area contributed by atoms with Crippen LogP contribution in [0.2, 0.25) is 0 Å². The number of hydrogen-bond acceptors (Lipinski definition) is 7. The summed E-state index contributed by atoms with van der Waals surface area (Å²) < 4.78 is 1.47. The van der Waals surface area contributed by atoms with E-state index in [1.165, 1.54) is 61.4 Å². The Kier molecular flexibility index (Phi) is 10.4. The Morgan fingerprint density at radius 3 is 1.91 bits per heavy atom. The first-order valence-corrected chi connectivity index (χ1v) is 11.1. The summed E-state index contributed by atoms with van der Waals surface area (Å²) in [5.41, 5.74) is -1.92. The number of aliphatic hydroxyl groups is 1. The van der Waals surface area contributed by atoms with Crippen molar-refractivity contribution in [2.45, 2.75) is 57.9 Å². The van der Waals surface area contributed by atoms with E-state index in [4.69, 9.17) is 5.11 Å². The highest BCUT2D eigenvalue weighted by Crippen LogP contribution is 2.25. The van der Waals surface area contributed by atoms with Gasteiger partial charge >= 0.3 is 22.5 Å². The van der Waals surface area contributed by atoms with Crippen LogP contribution in [0.15, 0.2) is 46.2 Å². The van der Waals surface area contributed by atoms with Gasteiger partial charge < -0.3 is 14.7 Å². The molecule has 2 heterocycles. The van der Waals surface area contributed by atoms with E-state index in [-0.39, 0.29) is 5.69 Å². The fourth-order valence-electron chi connectivity index (χ4n) is 4.03. The van der Waals surface area contributed by atoms with Crippen LogP contribution in [0, 0.1) is 32.1 Å². The van der Waals surface area contributed by atoms with E-state index in [9.17, 15) is 29.8 Å². The van der Waals surface area contributed by atoms with Crippen LogP contribution in [0.5, 0.6) is 0 Å². The lowest BCUT2D eigenvalue weighted by Crippen LogP contribution is -2.24. The standard InChI is InChI=1S/C11H14N2O3.C6H12O.C5H4N2O3/c14-11-10(13(15)16)6-3-7-12(11)8-9-4-1-2-5-9;7-5-6-3-1-2-4-6;8-5-4(7(9)10)2-1-3-6-5/h3,6-7,9H,1-2,4-5,8H2;6-7H,1-5H2;1-3H,(H,6,8). The Morgan fingerprint density at radius 1 is 0.909 bits per heavy atom. The van der Waals surface area contributed by atoms with Crippen molar-refractivity contribution in [2.75, 3.05) is 6.61 Å². The number of nitrogens with zero attached hydrogens (tertiary/aromatic N) is 3. The summed E-state index contributed by atoms with van der Waals surface area (Å²) in [7, 11) is 0. The maximum atomic E-state index is 11.7. The maximum absolute atomic E-state index is 11.7. The summed E-state index contributed by atoms with van der Waals surface area (Å²) in [6.45, 7) is 1.03. The predicted octanol–water partition coefficient (Wildman–Crippen LogP) is 3.40. The molecule has 2 aliphatic rings. The van der Waals surface area contributed by atoms with Crippen molar-refractivity contribution in [1.29, 1.82) is 0 Å². The molecule has 2 aliphatic carbocycles. The molecule has 2 saturated carbocycles. The molecule has 0 aromatic carbocycles. The first-order chi connectivity index (χ1) is 15.8. The van der Waals surface area contributed by atoms with Crippen LogP contribution in [0.25, 0.3) is 0 Å². The summed E-state index contributed by atoms with van der Waals surface area (Å²) >= 11 is 0. The molecule has 33 heavy (non-hydrogen) atoms. The molecule has 0 bridgehead atoms. The molecule has 0 saturated heterocycles. The number of H-pyrrole nitrogens is 1. The van der Waals surface area contributed by atoms with Crippen LogP contribution in [0.4, 0.5) is 11.4 Å². The number of aromatic amines is 1. The molecule has 0 amide bonds. The van der Waals surface area contributed by atoms with Gasteiger partial charge in [-0.15, -0.1) is 0 Å². The molecule has 2 N–H and O–H groups in total. The topological polar surface area (TPSA) is 161 Å². The third-order valence-electron chi connectivity index (χ3n) is 5.85. The van der Waals surface area contributed by atoms with Crippen LogP contribution in [0.1, 0.15) is 51.4 Å². The molecule has 2 fully saturated rings. The maximum Gasteiger partial charge on any atom is 0.334 e. The molecule has 0 atom stereocenters. The van der Waals surface area contributed by atoms with Gasteiger partial charge in [0.1, 0.15) is 0 Å². The Bertz CT molecular complexity index is 1020. The van der Waals surface area contributed by atoms with E-state index in [1.807, 2.05) is 0 Å². The first kappa shape index (κ1) is 25.9. The van der Waals surface area contributed by atoms with Gasteiger partial charge in [0.25, 0.3) is 0 Å². The molecule has 0 spiro atoms. The van der Waals surface area contributed by atoms with Gasteiger partial charge in [0.15, 0.2) is 0 Å². The predicted molar refractivity (Wildman–Crippen MR) is 122 cm³/mol. The molecule has 0 aliphatic heterocycles. The summed E-state index contributed by atoms with van der Waals surface area (Å²) in [4.78, 5) is 43.7. The first-order valence-electron chi connectivity index (χ1n) is 11.1. The van der Waals surface area contributed by atoms with Gasteiger partial charge in [0, 0.05) is 37.7 Å². The normalized spacial score (nSPS) is 15.8. The average Bonchev–Trinajstić information content (AvgIpc) is 3.50. The highest BCUT2D eigenvalue weighted by molar-refractivity contribution is 5.25. The van der Waals surface area contributed by atoms with Gasteiger partial charge in [-0.2, -0.15) is 0 Å². The molecule has 11 heteroatoms. The third kappa shape index (κ3) is 8.26. The quantitative estimate of drug-likeness (QED) is 0.508. The molecule has 2 aromatic heterocycles. The lowest BCUT2D eigenvalue weighted by atomic mass is 10.1. The summed E-state index contributed by atoms with van der Waals surface area (Å²) in [6.07, 6.45) is 12.8. The van der Waals surface area contributed by atoms with Crippen LogP contribution >= 0.6 is 0 Å². The molecular formula is C22H30N4O7. The van der Waals surface area contributed by atoms with Crippen molar-refractivity contribution in [3.63, 3.8) is 0 Å². The largest absolute Gasteiger partial charge is 0.396 e. The van der Waals surface area contributed by atoms with E-state index >= 15 is 0 Å². The minimum Gasteiger partial charge on any atom is -0.396 e. The van der Waals surface area contributed by atoms with Crippen molar-refractivity contribution >= 4 is 11.4 Å². The monoisotopic (exact) mass is 462 g/mol. The Balaban J connectivity index is 0.000000193. The number of nitro groups is 2. The second-order valence-electron chi connectivity index (χ2n) is 8.23. The Labute approximate surface area is 190 Å². The van der Waals surface area contributed by atoms with Gasteiger partial charge in [-0.05, 0) is 49.7 Å². The lowest BCUT2D eigenvalue weighted by molar-refractivity contribution is -0.386. The van der Waals surface area contributed by atoms with Gasteiger partial charge in [-0.3, -0.25) is 29.8 Å². The number of pyridine rings is 2. The highest BCUT2D eigenvalue weighted by atomic mass is 16.6. The fourth-order valence-corrected chi connectivity index (χ4v) is 4.03. The molecule has 4 rings (SSSR count). The number of aliphatic hydroxyl groups excluding tert-OH is 1. The smallest absolute Gasteiger partial charge is 0.334 e. The van der Waals surface area contributed by atoms with Crippen LogP contribution in [-0.4, -0.2) is 31.1 Å². The van der Waals surface area contributed by atoms with Crippen LogP contribution in [0.3, 0.4) is 0 Å². The number of rotatable bonds is 5. The SMILES string of the molecule is O=c1[nH]cccc1[N+](=O)[O-].O=c1c([N+](=O)[O-])cccn1CC1CCCC1.OCC1CCCC1. The van der Waals surface area contributed by atoms with E-state index in [0.717, 1.165) is 18.9 Å². The zero-order valence-electron chi connectivity index (χ0n) is 18.4. The zero-order valence-corrected chi connectivity index (χ0v) is 18.4. The van der Waals surface area contributed by atoms with E-state index in [0.29, 0.717) is 25.0 Å². The van der Waals surface area contributed by atoms with Crippen LogP contribution in [-0.2, 0) is 6.54 Å². The van der Waals surface area contributed by atoms with Gasteiger partial charge in [0.2, 0.25) is 0 Å². The second-order valence-corrected chi connectivity index (χ2v) is 8.23. The van der Waals surface area contributed by atoms with Crippen molar-refractivity contribution in [1.82, 2.24) is 9.55 Å². The summed E-state index contributed by atoms with van der Waals surface area (Å²) in [6, 6.07) is 5.38. The molecule has 0 unspecified atom stereocenters. The van der Waals surface area contributed by atoms with E-state index in [1.54, 1.807) is 12.3 Å². The van der Waals surface area contributed by atoms with Gasteiger partial charge in [-0.1, -0.05) is 25.7 Å². The van der Waals surface area contributed by atoms with Crippen LogP contribution < -0.4 is 11.1 Å². The number of nitrogens with one attached hydrogen (secondary N) is 1. The molecule has 11 nitrogen and oxygen atoms in total. The minimum absolute atomic E-state index is 0.333. The minimum atomic E-state index is -0.723. The van der Waals surface area contributed by atoms with Crippen molar-refractivity contribution in [3.05, 3.63) is 77.6 Å². The average molecular weight is 463 g/mol. The summed E-state index contributed by atoms with van der Waals surface area (Å²) in [5.74, 6) is 1.15. The van der Waals surface area contributed by atoms with Gasteiger partial charge in [0.05, 0.1) is 9.85 Å². The number of hydrogen-bond donors (Lipinski definition) is 2. The molecule has 2 aromatic rings. The van der Waals surface area contributed by atoms with Gasteiger partial charge in [-0.25, -0.2) is 0 Å². The molecule has 180 valence electrons. The lowest BCUT2D eigenvalue weighted by Gasteiger charge is -2.10. The second kappa shape index (κ2) is 13.3. The Morgan fingerprint density at radius 2 is 1.45 bits per heavy atom. The molecular weight excluding hydrogens is 432 g/mol. The zero-order chi connectivity index (χ0) is 24.2. The number of aromatic nitrogens is 2. The molecule has 0 radical (unpaired) electrons. The van der Waals surface area contributed by atoms with Crippen molar-refractivity contribution in [3.8, 4) is 0 Å². The Hall–Kier alpha value is -3.34. The van der Waals surface area contributed by atoms with Crippen molar-refractivity contribution in [2.24, 2.45) is 11.8 Å². The van der Waals surface area contributed by atoms with E-state index < -0.39 is 26.7 Å². The van der Waals surface area contributed by atoms with Crippen molar-refractivity contribution < 1.29 is 15.0 Å². The third-order valence-corrected chi connectivity index (χ3v) is 5.85. The highest BCUT2D eigenvalue weighted by Gasteiger charge is 2.19. The van der Waals surface area contributed by atoms with E-state index in [2.05, 4.69) is 4.98 Å². The fraction of sp³-hybridized carbons (Fsp3) is 0.545. The summed E-state index contributed by atoms with van der Waals surface area (Å²) in [5, 5.41) is 29.2.